The topological polar surface area (TPSA) is 69.8 Å². The third-order valence-electron chi connectivity index (χ3n) is 3.52. The second kappa shape index (κ2) is 6.22. The number of nitrogens with two attached hydrogens (primary N) is 1. The van der Waals surface area contributed by atoms with Crippen molar-refractivity contribution in [1.29, 1.82) is 0 Å². The molecule has 1 aromatic rings. The van der Waals surface area contributed by atoms with Crippen LogP contribution in [-0.4, -0.2) is 59.1 Å². The molecule has 21 heavy (non-hydrogen) atoms. The zero-order valence-corrected chi connectivity index (χ0v) is 13.2. The highest BCUT2D eigenvalue weighted by Gasteiger charge is 2.26. The standard InChI is InChI=1S/C15H22ClN3O2/c1-15(2,21)10-18-5-7-19(8-6-18)14(20)12-9-11(16)3-4-13(12)17/h3-4,9,21H,5-8,10,17H2,1-2H3. The molecule has 0 saturated carbocycles. The van der Waals surface area contributed by atoms with Crippen LogP contribution in [0.3, 0.4) is 0 Å². The van der Waals surface area contributed by atoms with E-state index in [-0.39, 0.29) is 5.91 Å². The molecule has 1 aliphatic rings. The Labute approximate surface area is 130 Å². The van der Waals surface area contributed by atoms with Crippen molar-refractivity contribution in [2.45, 2.75) is 19.4 Å². The van der Waals surface area contributed by atoms with E-state index in [0.717, 1.165) is 13.1 Å². The van der Waals surface area contributed by atoms with Gasteiger partial charge in [0.25, 0.3) is 5.91 Å². The van der Waals surface area contributed by atoms with Crippen LogP contribution in [0.5, 0.6) is 0 Å². The Bertz CT molecular complexity index is 520. The smallest absolute Gasteiger partial charge is 0.256 e. The summed E-state index contributed by atoms with van der Waals surface area (Å²) in [4.78, 5) is 16.4. The quantitative estimate of drug-likeness (QED) is 0.829. The Morgan fingerprint density at radius 1 is 1.33 bits per heavy atom. The monoisotopic (exact) mass is 311 g/mol. The lowest BCUT2D eigenvalue weighted by molar-refractivity contribution is 0.0179. The summed E-state index contributed by atoms with van der Waals surface area (Å²) in [6, 6.07) is 4.94. The number of benzene rings is 1. The van der Waals surface area contributed by atoms with Crippen molar-refractivity contribution < 1.29 is 9.90 Å². The van der Waals surface area contributed by atoms with Crippen LogP contribution in [0.1, 0.15) is 24.2 Å². The fourth-order valence-corrected chi connectivity index (χ4v) is 2.71. The van der Waals surface area contributed by atoms with E-state index in [4.69, 9.17) is 17.3 Å². The Hall–Kier alpha value is -1.30. The number of rotatable bonds is 3. The molecule has 1 fully saturated rings. The molecule has 3 N–H and O–H groups in total. The second-order valence-corrected chi connectivity index (χ2v) is 6.55. The largest absolute Gasteiger partial charge is 0.398 e. The van der Waals surface area contributed by atoms with Crippen LogP contribution >= 0.6 is 11.6 Å². The van der Waals surface area contributed by atoms with Crippen LogP contribution in [0.25, 0.3) is 0 Å². The number of halogens is 1. The van der Waals surface area contributed by atoms with E-state index >= 15 is 0 Å². The fraction of sp³-hybridized carbons (Fsp3) is 0.533. The number of nitrogen functional groups attached to an aromatic ring is 1. The number of hydrogen-bond donors (Lipinski definition) is 2. The van der Waals surface area contributed by atoms with Crippen molar-refractivity contribution in [1.82, 2.24) is 9.80 Å². The number of piperazine rings is 1. The molecule has 1 saturated heterocycles. The SMILES string of the molecule is CC(C)(O)CN1CCN(C(=O)c2cc(Cl)ccc2N)CC1. The lowest BCUT2D eigenvalue weighted by Crippen LogP contribution is -2.52. The van der Waals surface area contributed by atoms with Crippen molar-refractivity contribution in [2.75, 3.05) is 38.5 Å². The predicted molar refractivity (Wildman–Crippen MR) is 84.5 cm³/mol. The maximum Gasteiger partial charge on any atom is 0.256 e. The van der Waals surface area contributed by atoms with E-state index in [9.17, 15) is 9.90 Å². The van der Waals surface area contributed by atoms with Crippen molar-refractivity contribution in [3.05, 3.63) is 28.8 Å². The average molecular weight is 312 g/mol. The zero-order chi connectivity index (χ0) is 15.6. The third kappa shape index (κ3) is 4.33. The number of aliphatic hydroxyl groups is 1. The highest BCUT2D eigenvalue weighted by molar-refractivity contribution is 6.31. The maximum atomic E-state index is 12.5. The molecule has 116 valence electrons. The van der Waals surface area contributed by atoms with E-state index in [1.165, 1.54) is 0 Å². The van der Waals surface area contributed by atoms with Crippen LogP contribution in [0.4, 0.5) is 5.69 Å². The first-order valence-corrected chi connectivity index (χ1v) is 7.43. The van der Waals surface area contributed by atoms with E-state index in [0.29, 0.717) is 35.9 Å². The van der Waals surface area contributed by atoms with Gasteiger partial charge in [-0.15, -0.1) is 0 Å². The van der Waals surface area contributed by atoms with E-state index in [2.05, 4.69) is 4.90 Å². The fourth-order valence-electron chi connectivity index (χ4n) is 2.54. The first-order chi connectivity index (χ1) is 9.76. The average Bonchev–Trinajstić information content (AvgIpc) is 2.40. The highest BCUT2D eigenvalue weighted by Crippen LogP contribution is 2.20. The van der Waals surface area contributed by atoms with Gasteiger partial charge in [-0.1, -0.05) is 11.6 Å². The van der Waals surface area contributed by atoms with Gasteiger partial charge in [-0.3, -0.25) is 9.69 Å². The molecule has 0 atom stereocenters. The lowest BCUT2D eigenvalue weighted by atomic mass is 10.1. The van der Waals surface area contributed by atoms with E-state index in [1.54, 1.807) is 36.9 Å². The van der Waals surface area contributed by atoms with Gasteiger partial charge in [0.1, 0.15) is 0 Å². The molecule has 1 aliphatic heterocycles. The summed E-state index contributed by atoms with van der Waals surface area (Å²) < 4.78 is 0. The molecule has 1 heterocycles. The Morgan fingerprint density at radius 3 is 2.52 bits per heavy atom. The second-order valence-electron chi connectivity index (χ2n) is 6.11. The van der Waals surface area contributed by atoms with Gasteiger partial charge in [-0.05, 0) is 32.0 Å². The summed E-state index contributed by atoms with van der Waals surface area (Å²) >= 11 is 5.93. The minimum absolute atomic E-state index is 0.0853. The van der Waals surface area contributed by atoms with Gasteiger partial charge in [-0.25, -0.2) is 0 Å². The molecular formula is C15H22ClN3O2. The Kier molecular flexibility index (Phi) is 4.76. The van der Waals surface area contributed by atoms with Crippen molar-refractivity contribution in [3.8, 4) is 0 Å². The number of amides is 1. The van der Waals surface area contributed by atoms with Gasteiger partial charge in [0.2, 0.25) is 0 Å². The van der Waals surface area contributed by atoms with Crippen LogP contribution in [0, 0.1) is 0 Å². The summed E-state index contributed by atoms with van der Waals surface area (Å²) in [7, 11) is 0. The molecule has 0 radical (unpaired) electrons. The van der Waals surface area contributed by atoms with Gasteiger partial charge >= 0.3 is 0 Å². The molecule has 6 heteroatoms. The van der Waals surface area contributed by atoms with Crippen LogP contribution in [-0.2, 0) is 0 Å². The summed E-state index contributed by atoms with van der Waals surface area (Å²) in [5.74, 6) is -0.0853. The molecule has 0 unspecified atom stereocenters. The summed E-state index contributed by atoms with van der Waals surface area (Å²) in [5.41, 5.74) is 6.04. The number of hydrogen-bond acceptors (Lipinski definition) is 4. The third-order valence-corrected chi connectivity index (χ3v) is 3.75. The van der Waals surface area contributed by atoms with E-state index < -0.39 is 5.60 Å². The van der Waals surface area contributed by atoms with Crippen LogP contribution in [0.2, 0.25) is 5.02 Å². The van der Waals surface area contributed by atoms with Gasteiger partial charge in [0.15, 0.2) is 0 Å². The molecule has 0 bridgehead atoms. The predicted octanol–water partition coefficient (Wildman–Crippen LogP) is 1.45. The van der Waals surface area contributed by atoms with Gasteiger partial charge in [0, 0.05) is 43.4 Å². The molecule has 2 rings (SSSR count). The van der Waals surface area contributed by atoms with Gasteiger partial charge < -0.3 is 15.7 Å². The number of β-amino-alcohol motifs (C(OH)–C–C–N with tert-alkyl or cyclic N) is 1. The summed E-state index contributed by atoms with van der Waals surface area (Å²) in [6.07, 6.45) is 0. The minimum atomic E-state index is -0.719. The number of carbonyl (C=O) groups is 1. The molecule has 0 aromatic heterocycles. The maximum absolute atomic E-state index is 12.5. The van der Waals surface area contributed by atoms with Crippen LogP contribution < -0.4 is 5.73 Å². The summed E-state index contributed by atoms with van der Waals surface area (Å²) in [5, 5.41) is 10.3. The van der Waals surface area contributed by atoms with Gasteiger partial charge in [0.05, 0.1) is 11.2 Å². The van der Waals surface area contributed by atoms with Crippen molar-refractivity contribution in [3.63, 3.8) is 0 Å². The number of anilines is 1. The Morgan fingerprint density at radius 2 is 1.95 bits per heavy atom. The number of carbonyl (C=O) groups excluding carboxylic acids is 1. The highest BCUT2D eigenvalue weighted by atomic mass is 35.5. The molecular weight excluding hydrogens is 290 g/mol. The molecule has 5 nitrogen and oxygen atoms in total. The minimum Gasteiger partial charge on any atom is -0.398 e. The molecule has 0 spiro atoms. The molecule has 1 amide bonds. The Balaban J connectivity index is 1.99. The lowest BCUT2D eigenvalue weighted by Gasteiger charge is -2.37. The van der Waals surface area contributed by atoms with Crippen molar-refractivity contribution in [2.24, 2.45) is 0 Å². The number of nitrogens with zero attached hydrogens (tertiary/aromatic N) is 2. The van der Waals surface area contributed by atoms with Gasteiger partial charge in [-0.2, -0.15) is 0 Å². The first kappa shape index (κ1) is 16.1. The zero-order valence-electron chi connectivity index (χ0n) is 12.5. The summed E-state index contributed by atoms with van der Waals surface area (Å²) in [6.45, 7) is 6.93. The normalized spacial score (nSPS) is 17.0. The first-order valence-electron chi connectivity index (χ1n) is 7.05. The molecule has 0 aliphatic carbocycles. The molecule has 1 aromatic carbocycles. The van der Waals surface area contributed by atoms with Crippen molar-refractivity contribution >= 4 is 23.2 Å². The van der Waals surface area contributed by atoms with Crippen LogP contribution in [0.15, 0.2) is 18.2 Å². The van der Waals surface area contributed by atoms with E-state index in [1.807, 2.05) is 0 Å².